The van der Waals surface area contributed by atoms with Crippen LogP contribution in [-0.4, -0.2) is 23.4 Å². The van der Waals surface area contributed by atoms with Crippen LogP contribution in [0.1, 0.15) is 54.5 Å². The molecule has 1 atom stereocenters. The van der Waals surface area contributed by atoms with Crippen LogP contribution in [0, 0.1) is 0 Å². The molecule has 1 unspecified atom stereocenters. The Morgan fingerprint density at radius 2 is 1.76 bits per heavy atom. The molecule has 0 aliphatic heterocycles. The van der Waals surface area contributed by atoms with Crippen LogP contribution >= 0.6 is 11.6 Å². The number of esters is 1. The van der Waals surface area contributed by atoms with Gasteiger partial charge in [0.15, 0.2) is 11.4 Å². The first-order valence-electron chi connectivity index (χ1n) is 11.2. The molecule has 0 spiro atoms. The number of benzene rings is 2. The van der Waals surface area contributed by atoms with E-state index in [2.05, 4.69) is 0 Å². The normalized spacial score (nSPS) is 18.7. The summed E-state index contributed by atoms with van der Waals surface area (Å²) in [6.07, 6.45) is -1.70. The molecule has 2 aromatic rings. The van der Waals surface area contributed by atoms with E-state index in [0.29, 0.717) is 0 Å². The van der Waals surface area contributed by atoms with E-state index < -0.39 is 65.0 Å². The highest BCUT2D eigenvalue weighted by molar-refractivity contribution is 6.30. The molecule has 5 heteroatoms. The first-order valence-corrected chi connectivity index (χ1v) is 7.61. The van der Waals surface area contributed by atoms with Crippen molar-refractivity contribution in [1.29, 1.82) is 0 Å². The summed E-state index contributed by atoms with van der Waals surface area (Å²) < 4.78 is 72.5. The van der Waals surface area contributed by atoms with Crippen LogP contribution in [0.25, 0.3) is 0 Å². The van der Waals surface area contributed by atoms with Crippen LogP contribution in [0.15, 0.2) is 48.4 Å². The Kier molecular flexibility index (Phi) is 3.27. The van der Waals surface area contributed by atoms with Gasteiger partial charge in [0, 0.05) is 20.3 Å². The van der Waals surface area contributed by atoms with Gasteiger partial charge in [-0.1, -0.05) is 11.6 Å². The maximum absolute atomic E-state index is 12.8. The number of ketones is 1. The van der Waals surface area contributed by atoms with Crippen LogP contribution in [0.4, 0.5) is 0 Å². The van der Waals surface area contributed by atoms with Crippen LogP contribution in [0.5, 0.6) is 5.75 Å². The lowest BCUT2D eigenvalue weighted by Crippen LogP contribution is -2.40. The SMILES string of the molecule is [2H]c1c([2H])c(C(=O)c2ccc(OC(C)(C(=O)OC([2H])(C)C)C([2H])([2H])[2H])cc2)c([2H])c([2H])c1Cl. The number of hydrogen-bond donors (Lipinski definition) is 0. The Morgan fingerprint density at radius 1 is 1.16 bits per heavy atom. The van der Waals surface area contributed by atoms with Gasteiger partial charge in [-0.25, -0.2) is 4.79 Å². The summed E-state index contributed by atoms with van der Waals surface area (Å²) in [7, 11) is 0. The van der Waals surface area contributed by atoms with Gasteiger partial charge in [-0.15, -0.1) is 0 Å². The van der Waals surface area contributed by atoms with Crippen molar-refractivity contribution in [2.45, 2.75) is 39.3 Å². The first kappa shape index (κ1) is 10.6. The minimum absolute atomic E-state index is 0.0315. The second-order valence-electron chi connectivity index (χ2n) is 5.48. The van der Waals surface area contributed by atoms with Gasteiger partial charge in [0.05, 0.1) is 12.9 Å². The standard InChI is InChI=1S/C20H21ClO4/c1-13(2)24-19(23)20(3,4)25-17-11-7-15(8-12-17)18(22)14-5-9-16(21)10-6-14/h5-13H,1-4H3/i3D3,5D,6D,9D,10D,13D. The van der Waals surface area contributed by atoms with Crippen LogP contribution in [0.3, 0.4) is 0 Å². The lowest BCUT2D eigenvalue weighted by molar-refractivity contribution is -0.163. The monoisotopic (exact) mass is 368 g/mol. The zero-order valence-corrected chi connectivity index (χ0v) is 14.6. The van der Waals surface area contributed by atoms with Gasteiger partial charge in [-0.05, 0) is 76.1 Å². The molecule has 0 saturated heterocycles. The zero-order valence-electron chi connectivity index (χ0n) is 21.8. The van der Waals surface area contributed by atoms with Gasteiger partial charge < -0.3 is 9.47 Å². The van der Waals surface area contributed by atoms with Crippen molar-refractivity contribution in [3.63, 3.8) is 0 Å². The highest BCUT2D eigenvalue weighted by Crippen LogP contribution is 2.22. The second kappa shape index (κ2) is 7.70. The van der Waals surface area contributed by atoms with E-state index in [0.717, 1.165) is 6.92 Å². The summed E-state index contributed by atoms with van der Waals surface area (Å²) in [5.74, 6) is -2.18. The van der Waals surface area contributed by atoms with Crippen molar-refractivity contribution in [2.24, 2.45) is 0 Å². The van der Waals surface area contributed by atoms with Gasteiger partial charge in [0.1, 0.15) is 5.75 Å². The summed E-state index contributed by atoms with van der Waals surface area (Å²) in [5, 5.41) is -0.406. The number of halogens is 1. The fourth-order valence-corrected chi connectivity index (χ4v) is 1.88. The number of ether oxygens (including phenoxy) is 2. The molecule has 0 fully saturated rings. The Hall–Kier alpha value is -2.33. The molecule has 0 saturated carbocycles. The number of carbonyl (C=O) groups is 2. The van der Waals surface area contributed by atoms with Crippen molar-refractivity contribution < 1.29 is 30.0 Å². The van der Waals surface area contributed by atoms with E-state index in [1.54, 1.807) is 0 Å². The van der Waals surface area contributed by atoms with Crippen molar-refractivity contribution in [3.8, 4) is 5.75 Å². The predicted molar refractivity (Wildman–Crippen MR) is 97.3 cm³/mol. The summed E-state index contributed by atoms with van der Waals surface area (Å²) in [6, 6.07) is 2.57. The van der Waals surface area contributed by atoms with Gasteiger partial charge in [-0.3, -0.25) is 4.79 Å². The molecule has 0 amide bonds. The average molecular weight is 369 g/mol. The van der Waals surface area contributed by atoms with E-state index in [-0.39, 0.29) is 11.3 Å². The lowest BCUT2D eigenvalue weighted by Gasteiger charge is -2.25. The molecule has 2 rings (SSSR count). The summed E-state index contributed by atoms with van der Waals surface area (Å²) in [4.78, 5) is 25.3. The molecule has 2 aromatic carbocycles. The highest BCUT2D eigenvalue weighted by Gasteiger charge is 2.32. The molecule has 0 heterocycles. The van der Waals surface area contributed by atoms with Crippen molar-refractivity contribution in [2.75, 3.05) is 0 Å². The van der Waals surface area contributed by atoms with E-state index in [1.165, 1.54) is 38.1 Å². The minimum atomic E-state index is -2.96. The molecular formula is C20H21ClO4. The van der Waals surface area contributed by atoms with Crippen molar-refractivity contribution >= 4 is 23.4 Å². The smallest absolute Gasteiger partial charge is 0.350 e. The Morgan fingerprint density at radius 3 is 2.28 bits per heavy atom. The summed E-state index contributed by atoms with van der Waals surface area (Å²) in [6.45, 7) is 0.564. The molecule has 0 aromatic heterocycles. The van der Waals surface area contributed by atoms with Gasteiger partial charge in [0.2, 0.25) is 0 Å². The molecule has 0 radical (unpaired) electrons. The van der Waals surface area contributed by atoms with E-state index in [1.807, 2.05) is 0 Å². The van der Waals surface area contributed by atoms with E-state index >= 15 is 0 Å². The molecule has 132 valence electrons. The van der Waals surface area contributed by atoms with Crippen molar-refractivity contribution in [1.82, 2.24) is 0 Å². The van der Waals surface area contributed by atoms with E-state index in [9.17, 15) is 9.59 Å². The van der Waals surface area contributed by atoms with Crippen LogP contribution in [0.2, 0.25) is 5.02 Å². The zero-order chi connectivity index (χ0) is 25.5. The minimum Gasteiger partial charge on any atom is -0.476 e. The Bertz CT molecular complexity index is 1060. The molecule has 25 heavy (non-hydrogen) atoms. The number of hydrogen-bond acceptors (Lipinski definition) is 4. The molecular weight excluding hydrogens is 340 g/mol. The van der Waals surface area contributed by atoms with Crippen LogP contribution < -0.4 is 4.74 Å². The third kappa shape index (κ3) is 5.07. The van der Waals surface area contributed by atoms with Gasteiger partial charge >= 0.3 is 5.97 Å². The third-order valence-corrected chi connectivity index (χ3v) is 3.14. The molecule has 0 N–H and O–H groups in total. The maximum Gasteiger partial charge on any atom is 0.350 e. The van der Waals surface area contributed by atoms with Gasteiger partial charge in [0.25, 0.3) is 0 Å². The van der Waals surface area contributed by atoms with Gasteiger partial charge in [-0.2, -0.15) is 0 Å². The maximum atomic E-state index is 12.8. The number of rotatable bonds is 6. The molecule has 0 aliphatic carbocycles. The highest BCUT2D eigenvalue weighted by atomic mass is 35.5. The lowest BCUT2D eigenvalue weighted by atomic mass is 10.0. The summed E-state index contributed by atoms with van der Waals surface area (Å²) >= 11 is 5.76. The molecule has 0 bridgehead atoms. The first-order chi connectivity index (χ1) is 14.9. The predicted octanol–water partition coefficient (Wildman–Crippen LogP) is 4.68. The number of carbonyl (C=O) groups excluding carboxylic acids is 2. The fraction of sp³-hybridized carbons (Fsp3) is 0.300. The third-order valence-electron chi connectivity index (χ3n) is 2.95. The van der Waals surface area contributed by atoms with Crippen molar-refractivity contribution in [3.05, 3.63) is 64.6 Å². The Labute approximate surface area is 164 Å². The average Bonchev–Trinajstić information content (AvgIpc) is 2.69. The topological polar surface area (TPSA) is 52.6 Å². The van der Waals surface area contributed by atoms with E-state index in [4.69, 9.17) is 32.0 Å². The summed E-state index contributed by atoms with van der Waals surface area (Å²) in [5.41, 5.74) is -2.96. The second-order valence-corrected chi connectivity index (χ2v) is 5.85. The van der Waals surface area contributed by atoms with Crippen LogP contribution in [-0.2, 0) is 9.53 Å². The molecule has 0 aliphatic rings. The quantitative estimate of drug-likeness (QED) is 0.548. The largest absolute Gasteiger partial charge is 0.476 e. The molecule has 4 nitrogen and oxygen atoms in total. The Balaban J connectivity index is 2.41. The fourth-order valence-electron chi connectivity index (χ4n) is 1.79.